The third kappa shape index (κ3) is 5.86. The first kappa shape index (κ1) is 24.1. The second kappa shape index (κ2) is 11.0. The first-order valence-electron chi connectivity index (χ1n) is 13.7. The van der Waals surface area contributed by atoms with E-state index in [9.17, 15) is 0 Å². The number of benzene rings is 3. The lowest BCUT2D eigenvalue weighted by Crippen LogP contribution is -2.41. The second-order valence-electron chi connectivity index (χ2n) is 10.7. The van der Waals surface area contributed by atoms with E-state index in [0.29, 0.717) is 5.41 Å². The maximum Gasteiger partial charge on any atom is 0.0976 e. The van der Waals surface area contributed by atoms with E-state index in [1.54, 1.807) is 11.3 Å². The van der Waals surface area contributed by atoms with Crippen molar-refractivity contribution in [3.63, 3.8) is 0 Å². The predicted molar refractivity (Wildman–Crippen MR) is 157 cm³/mol. The normalized spacial score (nSPS) is 17.5. The van der Waals surface area contributed by atoms with Gasteiger partial charge in [0.15, 0.2) is 0 Å². The van der Waals surface area contributed by atoms with Gasteiger partial charge in [-0.05, 0) is 66.5 Å². The van der Waals surface area contributed by atoms with E-state index in [1.165, 1.54) is 69.3 Å². The minimum atomic E-state index is 0.654. The zero-order valence-corrected chi connectivity index (χ0v) is 22.3. The molecule has 3 nitrogen and oxygen atoms in total. The van der Waals surface area contributed by atoms with Gasteiger partial charge in [-0.15, -0.1) is 11.3 Å². The molecule has 3 aromatic carbocycles. The Labute approximate surface area is 224 Å². The van der Waals surface area contributed by atoms with Crippen molar-refractivity contribution in [2.24, 2.45) is 10.4 Å². The molecule has 4 aromatic rings. The summed E-state index contributed by atoms with van der Waals surface area (Å²) in [7, 11) is 0. The maximum atomic E-state index is 4.85. The summed E-state index contributed by atoms with van der Waals surface area (Å²) in [6, 6.07) is 27.8. The number of nitrogens with zero attached hydrogens (tertiary/aromatic N) is 3. The molecule has 6 rings (SSSR count). The van der Waals surface area contributed by atoms with Crippen LogP contribution >= 0.6 is 11.3 Å². The summed E-state index contributed by atoms with van der Waals surface area (Å²) in [6.07, 6.45) is 12.8. The Kier molecular flexibility index (Phi) is 7.18. The molecule has 0 radical (unpaired) electrons. The summed E-state index contributed by atoms with van der Waals surface area (Å²) >= 11 is 1.72. The highest BCUT2D eigenvalue weighted by atomic mass is 32.1. The number of anilines is 1. The first-order chi connectivity index (χ1) is 18.2. The molecule has 188 valence electrons. The third-order valence-corrected chi connectivity index (χ3v) is 9.12. The van der Waals surface area contributed by atoms with Crippen LogP contribution in [0, 0.1) is 5.41 Å². The Morgan fingerprint density at radius 3 is 2.27 bits per heavy atom. The number of hydrogen-bond donors (Lipinski definition) is 0. The highest BCUT2D eigenvalue weighted by molar-refractivity contribution is 7.10. The fraction of sp³-hybridized carbons (Fsp3) is 0.333. The van der Waals surface area contributed by atoms with E-state index in [2.05, 4.69) is 89.1 Å². The SMILES string of the molecule is C(=Nc1ccc(-c2csc(Cc3ccccc3)n2)cc1)c1ccc(N2CCC3(CCCCC3)CC2)cc1. The molecule has 1 aliphatic heterocycles. The van der Waals surface area contributed by atoms with Crippen LogP contribution in [0.2, 0.25) is 0 Å². The van der Waals surface area contributed by atoms with E-state index >= 15 is 0 Å². The Morgan fingerprint density at radius 2 is 1.54 bits per heavy atom. The van der Waals surface area contributed by atoms with Gasteiger partial charge in [-0.1, -0.05) is 73.9 Å². The van der Waals surface area contributed by atoms with Crippen molar-refractivity contribution in [1.29, 1.82) is 0 Å². The molecule has 4 heteroatoms. The predicted octanol–water partition coefficient (Wildman–Crippen LogP) is 8.70. The molecule has 1 saturated heterocycles. The molecular formula is C33H35N3S. The number of thiazole rings is 1. The van der Waals surface area contributed by atoms with Crippen molar-refractivity contribution < 1.29 is 0 Å². The van der Waals surface area contributed by atoms with Gasteiger partial charge in [0.25, 0.3) is 0 Å². The van der Waals surface area contributed by atoms with Crippen LogP contribution in [0.25, 0.3) is 11.3 Å². The van der Waals surface area contributed by atoms with E-state index in [4.69, 9.17) is 9.98 Å². The molecule has 1 spiro atoms. The van der Waals surface area contributed by atoms with Gasteiger partial charge >= 0.3 is 0 Å². The monoisotopic (exact) mass is 505 g/mol. The number of aromatic nitrogens is 1. The summed E-state index contributed by atoms with van der Waals surface area (Å²) < 4.78 is 0. The third-order valence-electron chi connectivity index (χ3n) is 8.27. The summed E-state index contributed by atoms with van der Waals surface area (Å²) in [6.45, 7) is 2.40. The Balaban J connectivity index is 1.04. The van der Waals surface area contributed by atoms with Gasteiger partial charge in [0.05, 0.1) is 16.4 Å². The van der Waals surface area contributed by atoms with Crippen molar-refractivity contribution >= 4 is 28.9 Å². The van der Waals surface area contributed by atoms with Gasteiger partial charge in [0, 0.05) is 42.4 Å². The number of piperidine rings is 1. The van der Waals surface area contributed by atoms with Crippen molar-refractivity contribution in [3.05, 3.63) is 100 Å². The second-order valence-corrected chi connectivity index (χ2v) is 11.7. The molecule has 0 unspecified atom stereocenters. The Hall–Kier alpha value is -3.24. The van der Waals surface area contributed by atoms with Crippen molar-refractivity contribution in [3.8, 4) is 11.3 Å². The largest absolute Gasteiger partial charge is 0.371 e. The zero-order valence-electron chi connectivity index (χ0n) is 21.5. The molecular weight excluding hydrogens is 470 g/mol. The number of hydrogen-bond acceptors (Lipinski definition) is 4. The molecule has 1 saturated carbocycles. The maximum absolute atomic E-state index is 4.85. The highest BCUT2D eigenvalue weighted by Gasteiger charge is 2.35. The highest BCUT2D eigenvalue weighted by Crippen LogP contribution is 2.45. The zero-order chi connectivity index (χ0) is 24.9. The minimum Gasteiger partial charge on any atom is -0.371 e. The van der Waals surface area contributed by atoms with Gasteiger partial charge in [-0.25, -0.2) is 4.98 Å². The molecule has 2 heterocycles. The lowest BCUT2D eigenvalue weighted by molar-refractivity contribution is 0.144. The number of aliphatic imine (C=N–C) groups is 1. The first-order valence-corrected chi connectivity index (χ1v) is 14.6. The molecule has 37 heavy (non-hydrogen) atoms. The van der Waals surface area contributed by atoms with Crippen LogP contribution in [-0.4, -0.2) is 24.3 Å². The van der Waals surface area contributed by atoms with Crippen LogP contribution in [0.1, 0.15) is 61.1 Å². The minimum absolute atomic E-state index is 0.654. The molecule has 1 aromatic heterocycles. The van der Waals surface area contributed by atoms with Crippen LogP contribution in [-0.2, 0) is 6.42 Å². The molecule has 2 aliphatic rings. The van der Waals surface area contributed by atoms with Crippen LogP contribution in [0.4, 0.5) is 11.4 Å². The van der Waals surface area contributed by atoms with Crippen molar-refractivity contribution in [2.75, 3.05) is 18.0 Å². The van der Waals surface area contributed by atoms with E-state index in [1.807, 2.05) is 6.21 Å². The molecule has 0 amide bonds. The van der Waals surface area contributed by atoms with Gasteiger partial charge in [-0.3, -0.25) is 4.99 Å². The van der Waals surface area contributed by atoms with Gasteiger partial charge in [0.2, 0.25) is 0 Å². The van der Waals surface area contributed by atoms with Gasteiger partial charge in [-0.2, -0.15) is 0 Å². The standard InChI is InChI=1S/C33H35N3S/c1-3-7-26(8-4-1)23-32-35-31(25-37-32)28-11-13-29(14-12-28)34-24-27-9-15-30(16-10-27)36-21-19-33(20-22-36)17-5-2-6-18-33/h1,3-4,7-16,24-25H,2,5-6,17-23H2. The van der Waals surface area contributed by atoms with Crippen molar-refractivity contribution in [2.45, 2.75) is 51.4 Å². The summed E-state index contributed by atoms with van der Waals surface area (Å²) in [5.41, 5.74) is 7.57. The summed E-state index contributed by atoms with van der Waals surface area (Å²) in [4.78, 5) is 12.1. The average molecular weight is 506 g/mol. The lowest BCUT2D eigenvalue weighted by Gasteiger charge is -2.45. The molecule has 0 bridgehead atoms. The van der Waals surface area contributed by atoms with Gasteiger partial charge < -0.3 is 4.90 Å². The lowest BCUT2D eigenvalue weighted by atomic mass is 9.68. The molecule has 0 N–H and O–H groups in total. The van der Waals surface area contributed by atoms with E-state index in [-0.39, 0.29) is 0 Å². The molecule has 2 fully saturated rings. The summed E-state index contributed by atoms with van der Waals surface area (Å²) in [5.74, 6) is 0. The van der Waals surface area contributed by atoms with Crippen LogP contribution in [0.15, 0.2) is 89.2 Å². The van der Waals surface area contributed by atoms with Crippen LogP contribution < -0.4 is 4.90 Å². The Morgan fingerprint density at radius 1 is 0.811 bits per heavy atom. The average Bonchev–Trinajstić information content (AvgIpc) is 3.42. The van der Waals surface area contributed by atoms with Crippen molar-refractivity contribution in [1.82, 2.24) is 4.98 Å². The fourth-order valence-corrected chi connectivity index (χ4v) is 6.81. The molecule has 0 atom stereocenters. The summed E-state index contributed by atoms with van der Waals surface area (Å²) in [5, 5.41) is 3.29. The molecule has 1 aliphatic carbocycles. The van der Waals surface area contributed by atoms with Gasteiger partial charge in [0.1, 0.15) is 0 Å². The quantitative estimate of drug-likeness (QED) is 0.245. The number of rotatable bonds is 6. The van der Waals surface area contributed by atoms with E-state index in [0.717, 1.165) is 33.9 Å². The fourth-order valence-electron chi connectivity index (χ4n) is 5.97. The van der Waals surface area contributed by atoms with E-state index < -0.39 is 0 Å². The topological polar surface area (TPSA) is 28.5 Å². The van der Waals surface area contributed by atoms with Crippen LogP contribution in [0.5, 0.6) is 0 Å². The smallest absolute Gasteiger partial charge is 0.0976 e. The Bertz CT molecular complexity index is 1310. The van der Waals surface area contributed by atoms with Crippen LogP contribution in [0.3, 0.4) is 0 Å².